The predicted octanol–water partition coefficient (Wildman–Crippen LogP) is 2.62. The molecular formula is C10H14N2O. The predicted molar refractivity (Wildman–Crippen MR) is 50.1 cm³/mol. The van der Waals surface area contributed by atoms with Crippen LogP contribution >= 0.6 is 0 Å². The lowest BCUT2D eigenvalue weighted by Gasteiger charge is -2.29. The summed E-state index contributed by atoms with van der Waals surface area (Å²) in [6.45, 7) is 6.65. The van der Waals surface area contributed by atoms with E-state index in [1.165, 1.54) is 0 Å². The molecule has 1 aromatic rings. The lowest BCUT2D eigenvalue weighted by atomic mass is 9.74. The molecule has 0 amide bonds. The van der Waals surface area contributed by atoms with Crippen LogP contribution in [0.5, 0.6) is 0 Å². The minimum Gasteiger partial charge on any atom is -0.244 e. The van der Waals surface area contributed by atoms with Crippen molar-refractivity contribution in [3.05, 3.63) is 17.5 Å². The second-order valence-corrected chi connectivity index (χ2v) is 4.59. The van der Waals surface area contributed by atoms with Crippen LogP contribution in [-0.4, -0.2) is 10.3 Å². The highest BCUT2D eigenvalue weighted by Gasteiger charge is 2.31. The molecule has 1 heterocycles. The highest BCUT2D eigenvalue weighted by atomic mass is 16.6. The lowest BCUT2D eigenvalue weighted by Crippen LogP contribution is -2.20. The zero-order chi connectivity index (χ0) is 9.47. The number of rotatable bonds is 0. The van der Waals surface area contributed by atoms with E-state index in [-0.39, 0.29) is 5.41 Å². The molecule has 0 saturated heterocycles. The Labute approximate surface area is 77.8 Å². The van der Waals surface area contributed by atoms with Crippen molar-refractivity contribution in [1.29, 1.82) is 0 Å². The minimum atomic E-state index is 0.220. The van der Waals surface area contributed by atoms with Crippen LogP contribution in [0.15, 0.2) is 10.7 Å². The third kappa shape index (κ3) is 1.39. The van der Waals surface area contributed by atoms with E-state index in [1.807, 2.05) is 6.08 Å². The van der Waals surface area contributed by atoms with Crippen molar-refractivity contribution in [2.24, 2.45) is 5.41 Å². The van der Waals surface area contributed by atoms with E-state index in [0.29, 0.717) is 5.92 Å². The van der Waals surface area contributed by atoms with E-state index in [2.05, 4.69) is 37.2 Å². The first-order chi connectivity index (χ1) is 6.09. The van der Waals surface area contributed by atoms with Gasteiger partial charge in [0.15, 0.2) is 0 Å². The van der Waals surface area contributed by atoms with Gasteiger partial charge in [-0.05, 0) is 17.9 Å². The molecule has 0 aromatic carbocycles. The van der Waals surface area contributed by atoms with Crippen molar-refractivity contribution < 1.29 is 4.63 Å². The molecule has 0 radical (unpaired) electrons. The molecule has 1 aromatic heterocycles. The molecule has 1 atom stereocenters. The van der Waals surface area contributed by atoms with Gasteiger partial charge in [0.2, 0.25) is 0 Å². The molecule has 3 nitrogen and oxygen atoms in total. The summed E-state index contributed by atoms with van der Waals surface area (Å²) in [6, 6.07) is 0. The van der Waals surface area contributed by atoms with Crippen molar-refractivity contribution in [3.8, 4) is 0 Å². The Hall–Kier alpha value is -1.12. The molecule has 0 N–H and O–H groups in total. The van der Waals surface area contributed by atoms with Gasteiger partial charge in [-0.1, -0.05) is 37.2 Å². The highest BCUT2D eigenvalue weighted by Crippen LogP contribution is 2.40. The summed E-state index contributed by atoms with van der Waals surface area (Å²) in [4.78, 5) is 0. The van der Waals surface area contributed by atoms with E-state index in [1.54, 1.807) is 0 Å². The third-order valence-electron chi connectivity index (χ3n) is 2.56. The van der Waals surface area contributed by atoms with Crippen LogP contribution in [0, 0.1) is 5.41 Å². The summed E-state index contributed by atoms with van der Waals surface area (Å²) in [5, 5.41) is 7.81. The Morgan fingerprint density at radius 3 is 2.85 bits per heavy atom. The van der Waals surface area contributed by atoms with Gasteiger partial charge >= 0.3 is 0 Å². The third-order valence-corrected chi connectivity index (χ3v) is 2.56. The maximum atomic E-state index is 4.74. The number of hydrogen-bond donors (Lipinski definition) is 0. The zero-order valence-electron chi connectivity index (χ0n) is 8.24. The first kappa shape index (κ1) is 8.48. The molecule has 0 fully saturated rings. The van der Waals surface area contributed by atoms with Crippen molar-refractivity contribution in [2.75, 3.05) is 0 Å². The number of hydrogen-bond acceptors (Lipinski definition) is 3. The second-order valence-electron chi connectivity index (χ2n) is 4.59. The topological polar surface area (TPSA) is 38.9 Å². The van der Waals surface area contributed by atoms with Gasteiger partial charge in [0.05, 0.1) is 0 Å². The van der Waals surface area contributed by atoms with E-state index in [9.17, 15) is 0 Å². The van der Waals surface area contributed by atoms with Crippen molar-refractivity contribution in [3.63, 3.8) is 0 Å². The quantitative estimate of drug-likeness (QED) is 0.613. The summed E-state index contributed by atoms with van der Waals surface area (Å²) in [6.07, 6.45) is 5.15. The van der Waals surface area contributed by atoms with Crippen molar-refractivity contribution in [2.45, 2.75) is 33.1 Å². The molecule has 1 unspecified atom stereocenters. The van der Waals surface area contributed by atoms with Crippen LogP contribution in [0.4, 0.5) is 0 Å². The Morgan fingerprint density at radius 1 is 1.38 bits per heavy atom. The molecule has 1 aliphatic carbocycles. The summed E-state index contributed by atoms with van der Waals surface area (Å²) in [5.74, 6) is 0.429. The Kier molecular flexibility index (Phi) is 1.75. The standard InChI is InChI=1S/C10H14N2O/c1-10(2,3)7-5-4-6-8-9(7)12-13-11-8/h4,6-7H,5H2,1-3H3. The fraction of sp³-hybridized carbons (Fsp3) is 0.600. The molecule has 0 bridgehead atoms. The van der Waals surface area contributed by atoms with E-state index in [4.69, 9.17) is 4.63 Å². The number of aromatic nitrogens is 2. The molecule has 70 valence electrons. The van der Waals surface area contributed by atoms with Crippen LogP contribution in [0.2, 0.25) is 0 Å². The van der Waals surface area contributed by atoms with E-state index in [0.717, 1.165) is 17.8 Å². The molecule has 0 saturated carbocycles. The van der Waals surface area contributed by atoms with Gasteiger partial charge in [0, 0.05) is 5.92 Å². The first-order valence-corrected chi connectivity index (χ1v) is 4.58. The average molecular weight is 178 g/mol. The Bertz CT molecular complexity index is 333. The van der Waals surface area contributed by atoms with Crippen LogP contribution in [0.1, 0.15) is 44.5 Å². The molecular weight excluding hydrogens is 164 g/mol. The maximum absolute atomic E-state index is 4.74. The maximum Gasteiger partial charge on any atom is 0.131 e. The van der Waals surface area contributed by atoms with Crippen molar-refractivity contribution >= 4 is 6.08 Å². The SMILES string of the molecule is CC(C)(C)C1CC=Cc2nonc21. The Morgan fingerprint density at radius 2 is 2.15 bits per heavy atom. The number of nitrogens with zero attached hydrogens (tertiary/aromatic N) is 2. The van der Waals surface area contributed by atoms with Gasteiger partial charge in [-0.15, -0.1) is 0 Å². The van der Waals surface area contributed by atoms with Crippen LogP contribution < -0.4 is 0 Å². The monoisotopic (exact) mass is 178 g/mol. The van der Waals surface area contributed by atoms with Gasteiger partial charge in [0.25, 0.3) is 0 Å². The summed E-state index contributed by atoms with van der Waals surface area (Å²) >= 11 is 0. The Balaban J connectivity index is 2.41. The summed E-state index contributed by atoms with van der Waals surface area (Å²) in [7, 11) is 0. The van der Waals surface area contributed by atoms with Gasteiger partial charge in [-0.3, -0.25) is 0 Å². The zero-order valence-corrected chi connectivity index (χ0v) is 8.24. The smallest absolute Gasteiger partial charge is 0.131 e. The fourth-order valence-corrected chi connectivity index (χ4v) is 1.75. The molecule has 3 heteroatoms. The van der Waals surface area contributed by atoms with Crippen LogP contribution in [-0.2, 0) is 0 Å². The normalized spacial score (nSPS) is 21.6. The fourth-order valence-electron chi connectivity index (χ4n) is 1.75. The van der Waals surface area contributed by atoms with Gasteiger partial charge in [0.1, 0.15) is 11.4 Å². The first-order valence-electron chi connectivity index (χ1n) is 4.58. The molecule has 1 aliphatic rings. The second kappa shape index (κ2) is 2.69. The van der Waals surface area contributed by atoms with Gasteiger partial charge < -0.3 is 0 Å². The summed E-state index contributed by atoms with van der Waals surface area (Å²) in [5.41, 5.74) is 2.12. The summed E-state index contributed by atoms with van der Waals surface area (Å²) < 4.78 is 4.74. The number of allylic oxidation sites excluding steroid dienone is 1. The van der Waals surface area contributed by atoms with Gasteiger partial charge in [-0.25, -0.2) is 4.63 Å². The molecule has 2 rings (SSSR count). The number of fused-ring (bicyclic) bond motifs is 1. The van der Waals surface area contributed by atoms with Crippen LogP contribution in [0.3, 0.4) is 0 Å². The average Bonchev–Trinajstić information content (AvgIpc) is 2.48. The lowest BCUT2D eigenvalue weighted by molar-refractivity contribution is 0.276. The largest absolute Gasteiger partial charge is 0.244 e. The van der Waals surface area contributed by atoms with E-state index < -0.39 is 0 Å². The van der Waals surface area contributed by atoms with E-state index >= 15 is 0 Å². The molecule has 0 spiro atoms. The van der Waals surface area contributed by atoms with Gasteiger partial charge in [-0.2, -0.15) is 0 Å². The van der Waals surface area contributed by atoms with Crippen LogP contribution in [0.25, 0.3) is 6.08 Å². The minimum absolute atomic E-state index is 0.220. The highest BCUT2D eigenvalue weighted by molar-refractivity contribution is 5.50. The molecule has 13 heavy (non-hydrogen) atoms. The van der Waals surface area contributed by atoms with Crippen molar-refractivity contribution in [1.82, 2.24) is 10.3 Å². The molecule has 0 aliphatic heterocycles.